The van der Waals surface area contributed by atoms with E-state index in [-0.39, 0.29) is 17.5 Å². The minimum Gasteiger partial charge on any atom is -0.481 e. The zero-order valence-corrected chi connectivity index (χ0v) is 21.4. The Morgan fingerprint density at radius 3 is 2.53 bits per heavy atom. The number of β-amino-alcohol motifs (C(OH)–C–C–N with tert-alkyl or cyclic N) is 1. The van der Waals surface area contributed by atoms with Crippen molar-refractivity contribution >= 4 is 29.5 Å². The smallest absolute Gasteiger partial charge is 0.303 e. The number of carboxylic acids is 1. The van der Waals surface area contributed by atoms with Gasteiger partial charge >= 0.3 is 5.97 Å². The SMILES string of the molecule is CN(C[C@H](O)CNC(C)(C)CCCc1c(F)cccc1F)Sc1cc(Cl)cc(CCC(=O)O)c1. The van der Waals surface area contributed by atoms with Gasteiger partial charge in [0.05, 0.1) is 6.10 Å². The van der Waals surface area contributed by atoms with Gasteiger partial charge in [0.25, 0.3) is 0 Å². The summed E-state index contributed by atoms with van der Waals surface area (Å²) in [5.74, 6) is -1.89. The third-order valence-corrected chi connectivity index (χ3v) is 6.52. The Kier molecular flexibility index (Phi) is 11.2. The van der Waals surface area contributed by atoms with Crippen LogP contribution in [0.2, 0.25) is 5.02 Å². The molecule has 0 radical (unpaired) electrons. The van der Waals surface area contributed by atoms with Crippen molar-refractivity contribution in [2.75, 3.05) is 20.1 Å². The molecule has 0 aliphatic heterocycles. The quantitative estimate of drug-likeness (QED) is 0.296. The number of rotatable bonds is 14. The monoisotopic (exact) mass is 514 g/mol. The van der Waals surface area contributed by atoms with Crippen molar-refractivity contribution in [2.45, 2.75) is 62.5 Å². The van der Waals surface area contributed by atoms with Gasteiger partial charge in [0.1, 0.15) is 11.6 Å². The molecular weight excluding hydrogens is 482 g/mol. The van der Waals surface area contributed by atoms with Crippen LogP contribution >= 0.6 is 23.5 Å². The fourth-order valence-corrected chi connectivity index (χ4v) is 4.92. The van der Waals surface area contributed by atoms with Crippen molar-refractivity contribution < 1.29 is 23.8 Å². The van der Waals surface area contributed by atoms with E-state index in [1.54, 1.807) is 12.1 Å². The van der Waals surface area contributed by atoms with Crippen molar-refractivity contribution in [1.82, 2.24) is 9.62 Å². The molecule has 1 atom stereocenters. The molecule has 0 heterocycles. The number of benzene rings is 2. The highest BCUT2D eigenvalue weighted by atomic mass is 35.5. The average Bonchev–Trinajstić information content (AvgIpc) is 2.72. The number of aliphatic hydroxyl groups is 1. The summed E-state index contributed by atoms with van der Waals surface area (Å²) in [6, 6.07) is 9.37. The molecule has 0 fully saturated rings. The van der Waals surface area contributed by atoms with Gasteiger partial charge in [0, 0.05) is 40.5 Å². The van der Waals surface area contributed by atoms with E-state index in [0.29, 0.717) is 43.8 Å². The van der Waals surface area contributed by atoms with Crippen LogP contribution in [0.25, 0.3) is 0 Å². The highest BCUT2D eigenvalue weighted by Gasteiger charge is 2.20. The van der Waals surface area contributed by atoms with Crippen LogP contribution in [-0.2, 0) is 17.6 Å². The van der Waals surface area contributed by atoms with E-state index in [2.05, 4.69) is 5.32 Å². The van der Waals surface area contributed by atoms with Gasteiger partial charge in [-0.05, 0) is 94.4 Å². The summed E-state index contributed by atoms with van der Waals surface area (Å²) in [6.45, 7) is 4.76. The summed E-state index contributed by atoms with van der Waals surface area (Å²) in [5, 5.41) is 23.2. The minimum absolute atomic E-state index is 0.0374. The fourth-order valence-electron chi connectivity index (χ4n) is 3.61. The van der Waals surface area contributed by atoms with Gasteiger partial charge in [-0.1, -0.05) is 17.7 Å². The first kappa shape index (κ1) is 28.5. The molecule has 188 valence electrons. The summed E-state index contributed by atoms with van der Waals surface area (Å²) < 4.78 is 29.5. The Hall–Kier alpha value is -1.71. The topological polar surface area (TPSA) is 72.8 Å². The van der Waals surface area contributed by atoms with Crippen molar-refractivity contribution in [1.29, 1.82) is 0 Å². The lowest BCUT2D eigenvalue weighted by atomic mass is 9.95. The first-order valence-corrected chi connectivity index (χ1v) is 12.4. The Morgan fingerprint density at radius 2 is 1.88 bits per heavy atom. The maximum Gasteiger partial charge on any atom is 0.303 e. The van der Waals surface area contributed by atoms with E-state index >= 15 is 0 Å². The highest BCUT2D eigenvalue weighted by molar-refractivity contribution is 7.97. The van der Waals surface area contributed by atoms with Crippen LogP contribution in [0.3, 0.4) is 0 Å². The lowest BCUT2D eigenvalue weighted by Crippen LogP contribution is -2.45. The number of aliphatic hydroxyl groups excluding tert-OH is 1. The van der Waals surface area contributed by atoms with Gasteiger partial charge in [0.15, 0.2) is 0 Å². The largest absolute Gasteiger partial charge is 0.481 e. The van der Waals surface area contributed by atoms with Crippen LogP contribution in [-0.4, -0.2) is 52.3 Å². The van der Waals surface area contributed by atoms with E-state index in [1.807, 2.05) is 31.3 Å². The molecule has 0 amide bonds. The Morgan fingerprint density at radius 1 is 1.21 bits per heavy atom. The van der Waals surface area contributed by atoms with Crippen LogP contribution in [0.4, 0.5) is 8.78 Å². The van der Waals surface area contributed by atoms with Crippen molar-refractivity contribution in [3.63, 3.8) is 0 Å². The van der Waals surface area contributed by atoms with E-state index < -0.39 is 23.7 Å². The van der Waals surface area contributed by atoms with Crippen molar-refractivity contribution in [2.24, 2.45) is 0 Å². The number of hydrogen-bond acceptors (Lipinski definition) is 5. The molecule has 2 rings (SSSR count). The fraction of sp³-hybridized carbons (Fsp3) is 0.480. The molecule has 5 nitrogen and oxygen atoms in total. The molecule has 9 heteroatoms. The summed E-state index contributed by atoms with van der Waals surface area (Å²) in [6.07, 6.45) is 1.43. The molecule has 0 aromatic heterocycles. The first-order valence-electron chi connectivity index (χ1n) is 11.2. The Bertz CT molecular complexity index is 942. The lowest BCUT2D eigenvalue weighted by Gasteiger charge is -2.29. The zero-order chi connectivity index (χ0) is 25.3. The molecule has 34 heavy (non-hydrogen) atoms. The van der Waals surface area contributed by atoms with Gasteiger partial charge in [-0.3, -0.25) is 4.79 Å². The third kappa shape index (κ3) is 10.3. The standard InChI is InChI=1S/C25H33ClF2N2O3S/c1-25(2,11-5-6-21-22(27)7-4-8-23(21)28)29-15-19(31)16-30(3)34-20-13-17(9-10-24(32)33)12-18(26)14-20/h4,7-8,12-14,19,29,31H,5-6,9-11,15-16H2,1-3H3,(H,32,33)/t19-/m1/s1. The molecular formula is C25H33ClF2N2O3S. The number of aliphatic carboxylic acids is 1. The number of likely N-dealkylation sites (N-methyl/N-ethyl adjacent to an activating group) is 1. The number of aryl methyl sites for hydroxylation is 1. The first-order chi connectivity index (χ1) is 15.9. The summed E-state index contributed by atoms with van der Waals surface area (Å²) in [7, 11) is 1.86. The summed E-state index contributed by atoms with van der Waals surface area (Å²) >= 11 is 7.60. The van der Waals surface area contributed by atoms with Crippen LogP contribution in [0, 0.1) is 11.6 Å². The molecule has 2 aromatic rings. The molecule has 0 aliphatic rings. The predicted molar refractivity (Wildman–Crippen MR) is 133 cm³/mol. The van der Waals surface area contributed by atoms with E-state index in [9.17, 15) is 18.7 Å². The number of halogens is 3. The Balaban J connectivity index is 1.78. The number of nitrogens with zero attached hydrogens (tertiary/aromatic N) is 1. The number of nitrogens with one attached hydrogen (secondary N) is 1. The second-order valence-electron chi connectivity index (χ2n) is 9.06. The second kappa shape index (κ2) is 13.4. The van der Waals surface area contributed by atoms with Crippen LogP contribution in [0.15, 0.2) is 41.3 Å². The molecule has 0 bridgehead atoms. The van der Waals surface area contributed by atoms with E-state index in [1.165, 1.54) is 30.1 Å². The van der Waals surface area contributed by atoms with Crippen LogP contribution in [0.5, 0.6) is 0 Å². The van der Waals surface area contributed by atoms with Crippen LogP contribution < -0.4 is 5.32 Å². The number of carbonyl (C=O) groups is 1. The van der Waals surface area contributed by atoms with Gasteiger partial charge in [-0.25, -0.2) is 13.1 Å². The van der Waals surface area contributed by atoms with Crippen molar-refractivity contribution in [3.05, 3.63) is 64.2 Å². The maximum absolute atomic E-state index is 13.8. The number of hydrogen-bond donors (Lipinski definition) is 3. The Labute approximate surface area is 209 Å². The van der Waals surface area contributed by atoms with Crippen LogP contribution in [0.1, 0.15) is 44.2 Å². The average molecular weight is 515 g/mol. The van der Waals surface area contributed by atoms with E-state index in [0.717, 1.165) is 10.5 Å². The second-order valence-corrected chi connectivity index (χ2v) is 10.8. The summed E-state index contributed by atoms with van der Waals surface area (Å²) in [5.41, 5.74) is 0.662. The molecule has 0 aliphatic carbocycles. The zero-order valence-electron chi connectivity index (χ0n) is 19.8. The molecule has 0 saturated carbocycles. The maximum atomic E-state index is 13.8. The number of carboxylic acid groups (broad SMARTS) is 1. The van der Waals surface area contributed by atoms with E-state index in [4.69, 9.17) is 16.7 Å². The van der Waals surface area contributed by atoms with Gasteiger partial charge in [-0.2, -0.15) is 0 Å². The van der Waals surface area contributed by atoms with Gasteiger partial charge < -0.3 is 15.5 Å². The molecule has 0 spiro atoms. The highest BCUT2D eigenvalue weighted by Crippen LogP contribution is 2.27. The molecule has 2 aromatic carbocycles. The summed E-state index contributed by atoms with van der Waals surface area (Å²) in [4.78, 5) is 11.7. The molecule has 0 unspecified atom stereocenters. The third-order valence-electron chi connectivity index (χ3n) is 5.39. The minimum atomic E-state index is -0.857. The van der Waals surface area contributed by atoms with Gasteiger partial charge in [0.2, 0.25) is 0 Å². The molecule has 0 saturated heterocycles. The molecule has 3 N–H and O–H groups in total. The predicted octanol–water partition coefficient (Wildman–Crippen LogP) is 5.33. The van der Waals surface area contributed by atoms with Crippen molar-refractivity contribution in [3.8, 4) is 0 Å². The lowest BCUT2D eigenvalue weighted by molar-refractivity contribution is -0.136. The van der Waals surface area contributed by atoms with Gasteiger partial charge in [-0.15, -0.1) is 0 Å². The normalized spacial score (nSPS) is 12.8.